The van der Waals surface area contributed by atoms with Crippen molar-refractivity contribution in [1.29, 1.82) is 0 Å². The molecule has 3 aromatic carbocycles. The molecule has 154 valence electrons. The first-order valence-electron chi connectivity index (χ1n) is 10.4. The van der Waals surface area contributed by atoms with Gasteiger partial charge in [-0.3, -0.25) is 15.1 Å². The van der Waals surface area contributed by atoms with Gasteiger partial charge in [-0.2, -0.15) is 0 Å². The lowest BCUT2D eigenvalue weighted by atomic mass is 10.0. The van der Waals surface area contributed by atoms with E-state index in [-0.39, 0.29) is 6.04 Å². The van der Waals surface area contributed by atoms with Crippen LogP contribution in [0.2, 0.25) is 0 Å². The number of nitrogen functional groups attached to an aromatic ring is 1. The number of hydrazine groups is 1. The number of aromatic nitrogens is 1. The van der Waals surface area contributed by atoms with Gasteiger partial charge in [0.25, 0.3) is 0 Å². The highest BCUT2D eigenvalue weighted by atomic mass is 15.5. The summed E-state index contributed by atoms with van der Waals surface area (Å²) in [6.45, 7) is 0.720. The van der Waals surface area contributed by atoms with E-state index in [1.165, 1.54) is 16.7 Å². The first kappa shape index (κ1) is 18.9. The van der Waals surface area contributed by atoms with Gasteiger partial charge < -0.3 is 11.2 Å². The molecule has 1 aromatic heterocycles. The predicted molar refractivity (Wildman–Crippen MR) is 128 cm³/mol. The molecule has 0 bridgehead atoms. The molecule has 0 saturated carbocycles. The minimum absolute atomic E-state index is 0.114. The summed E-state index contributed by atoms with van der Waals surface area (Å²) in [6.07, 6.45) is 6.07. The average Bonchev–Trinajstić information content (AvgIpc) is 3.46. The van der Waals surface area contributed by atoms with Crippen molar-refractivity contribution in [3.8, 4) is 0 Å². The molecule has 0 aliphatic carbocycles. The molecule has 31 heavy (non-hydrogen) atoms. The van der Waals surface area contributed by atoms with E-state index < -0.39 is 0 Å². The standard InChI is InChI=1S/C26H25N5/c27-23-15-16-30(19-23)28-18-20-11-13-24(14-12-20)31-26(22-9-5-2-6-10-22)17-25(29-31)21-7-3-1-4-8-21/h1-17,19,26,28-29H,18,27H2. The van der Waals surface area contributed by atoms with Gasteiger partial charge in [-0.1, -0.05) is 72.8 Å². The second-order valence-corrected chi connectivity index (χ2v) is 7.64. The van der Waals surface area contributed by atoms with Gasteiger partial charge in [0, 0.05) is 12.4 Å². The molecule has 2 heterocycles. The molecule has 1 aliphatic heterocycles. The molecule has 4 aromatic rings. The van der Waals surface area contributed by atoms with Crippen molar-refractivity contribution in [1.82, 2.24) is 10.1 Å². The predicted octanol–water partition coefficient (Wildman–Crippen LogP) is 4.92. The van der Waals surface area contributed by atoms with E-state index in [0.29, 0.717) is 0 Å². The molecule has 4 N–H and O–H groups in total. The minimum Gasteiger partial charge on any atom is -0.397 e. The van der Waals surface area contributed by atoms with Gasteiger partial charge in [-0.05, 0) is 41.0 Å². The van der Waals surface area contributed by atoms with Crippen LogP contribution in [0.5, 0.6) is 0 Å². The van der Waals surface area contributed by atoms with E-state index in [9.17, 15) is 0 Å². The molecule has 0 spiro atoms. The van der Waals surface area contributed by atoms with Gasteiger partial charge in [-0.15, -0.1) is 0 Å². The van der Waals surface area contributed by atoms with Gasteiger partial charge in [-0.25, -0.2) is 0 Å². The summed E-state index contributed by atoms with van der Waals surface area (Å²) in [4.78, 5) is 0. The van der Waals surface area contributed by atoms with Crippen molar-refractivity contribution >= 4 is 17.1 Å². The van der Waals surface area contributed by atoms with Crippen LogP contribution in [0.25, 0.3) is 5.70 Å². The lowest BCUT2D eigenvalue weighted by Crippen LogP contribution is -2.33. The lowest BCUT2D eigenvalue weighted by molar-refractivity contribution is 0.723. The van der Waals surface area contributed by atoms with E-state index >= 15 is 0 Å². The molecule has 0 radical (unpaired) electrons. The number of anilines is 2. The zero-order valence-corrected chi connectivity index (χ0v) is 17.1. The zero-order valence-electron chi connectivity index (χ0n) is 17.1. The Labute approximate surface area is 182 Å². The van der Waals surface area contributed by atoms with Crippen molar-refractivity contribution < 1.29 is 0 Å². The Morgan fingerprint density at radius 1 is 0.839 bits per heavy atom. The number of nitrogens with one attached hydrogen (secondary N) is 2. The highest BCUT2D eigenvalue weighted by molar-refractivity contribution is 5.72. The van der Waals surface area contributed by atoms with Crippen molar-refractivity contribution in [2.24, 2.45) is 0 Å². The Balaban J connectivity index is 1.37. The monoisotopic (exact) mass is 407 g/mol. The van der Waals surface area contributed by atoms with E-state index in [0.717, 1.165) is 23.6 Å². The first-order chi connectivity index (χ1) is 15.3. The fourth-order valence-electron chi connectivity index (χ4n) is 3.84. The van der Waals surface area contributed by atoms with Crippen LogP contribution in [-0.2, 0) is 6.54 Å². The summed E-state index contributed by atoms with van der Waals surface area (Å²) in [6, 6.07) is 31.6. The van der Waals surface area contributed by atoms with Crippen molar-refractivity contribution in [2.45, 2.75) is 12.6 Å². The fourth-order valence-corrected chi connectivity index (χ4v) is 3.84. The Morgan fingerprint density at radius 3 is 2.23 bits per heavy atom. The maximum atomic E-state index is 5.77. The molecule has 0 saturated heterocycles. The van der Waals surface area contributed by atoms with Gasteiger partial charge in [0.1, 0.15) is 0 Å². The average molecular weight is 408 g/mol. The normalized spacial score (nSPS) is 15.4. The van der Waals surface area contributed by atoms with E-state index in [1.54, 1.807) is 0 Å². The largest absolute Gasteiger partial charge is 0.397 e. The third-order valence-corrected chi connectivity index (χ3v) is 5.47. The molecule has 0 amide bonds. The molecule has 1 atom stereocenters. The molecule has 1 unspecified atom stereocenters. The number of nitrogens with two attached hydrogens (primary N) is 1. The molecule has 1 aliphatic rings. The summed E-state index contributed by atoms with van der Waals surface area (Å²) in [5.74, 6) is 0. The Bertz CT molecular complexity index is 1160. The van der Waals surface area contributed by atoms with Crippen LogP contribution in [-0.4, -0.2) is 4.68 Å². The van der Waals surface area contributed by atoms with Gasteiger partial charge >= 0.3 is 0 Å². The highest BCUT2D eigenvalue weighted by Gasteiger charge is 2.26. The molecule has 5 heteroatoms. The summed E-state index contributed by atoms with van der Waals surface area (Å²) in [5, 5.41) is 2.22. The molecule has 5 nitrogen and oxygen atoms in total. The van der Waals surface area contributed by atoms with Crippen molar-refractivity contribution in [3.05, 3.63) is 126 Å². The molecular weight excluding hydrogens is 382 g/mol. The Morgan fingerprint density at radius 2 is 1.55 bits per heavy atom. The van der Waals surface area contributed by atoms with Crippen LogP contribution >= 0.6 is 0 Å². The van der Waals surface area contributed by atoms with Gasteiger partial charge in [0.05, 0.1) is 29.7 Å². The van der Waals surface area contributed by atoms with Crippen molar-refractivity contribution in [3.63, 3.8) is 0 Å². The SMILES string of the molecule is Nc1ccn(NCc2ccc(N3NC(c4ccccc4)=CC3c3ccccc3)cc2)c1. The smallest absolute Gasteiger partial charge is 0.0958 e. The summed E-state index contributed by atoms with van der Waals surface area (Å²) < 4.78 is 1.88. The van der Waals surface area contributed by atoms with Crippen molar-refractivity contribution in [2.75, 3.05) is 16.2 Å². The number of nitrogens with zero attached hydrogens (tertiary/aromatic N) is 2. The van der Waals surface area contributed by atoms with Crippen LogP contribution in [0.3, 0.4) is 0 Å². The highest BCUT2D eigenvalue weighted by Crippen LogP contribution is 2.34. The summed E-state index contributed by atoms with van der Waals surface area (Å²) >= 11 is 0. The van der Waals surface area contributed by atoms with E-state index in [1.807, 2.05) is 29.2 Å². The van der Waals surface area contributed by atoms with Crippen LogP contribution in [0.1, 0.15) is 22.7 Å². The Hall–Kier alpha value is -4.12. The lowest BCUT2D eigenvalue weighted by Gasteiger charge is -2.28. The number of hydrogen-bond donors (Lipinski definition) is 3. The summed E-state index contributed by atoms with van der Waals surface area (Å²) in [7, 11) is 0. The molecular formula is C26H25N5. The first-order valence-corrected chi connectivity index (χ1v) is 10.4. The number of hydrogen-bond acceptors (Lipinski definition) is 4. The van der Waals surface area contributed by atoms with Gasteiger partial charge in [0.2, 0.25) is 0 Å². The number of rotatable bonds is 6. The van der Waals surface area contributed by atoms with Crippen LogP contribution in [0.4, 0.5) is 11.4 Å². The van der Waals surface area contributed by atoms with Gasteiger partial charge in [0.15, 0.2) is 0 Å². The summed E-state index contributed by atoms with van der Waals surface area (Å²) in [5.41, 5.74) is 19.3. The minimum atomic E-state index is 0.114. The van der Waals surface area contributed by atoms with Crippen LogP contribution < -0.4 is 21.6 Å². The topological polar surface area (TPSA) is 58.2 Å². The van der Waals surface area contributed by atoms with Crippen LogP contribution in [0.15, 0.2) is 109 Å². The second kappa shape index (κ2) is 8.32. The molecule has 0 fully saturated rings. The van der Waals surface area contributed by atoms with Crippen LogP contribution in [0, 0.1) is 0 Å². The maximum Gasteiger partial charge on any atom is 0.0958 e. The molecule has 5 rings (SSSR count). The third kappa shape index (κ3) is 4.12. The third-order valence-electron chi connectivity index (χ3n) is 5.47. The quantitative estimate of drug-likeness (QED) is 0.425. The van der Waals surface area contributed by atoms with E-state index in [2.05, 4.69) is 101 Å². The Kier molecular flexibility index (Phi) is 5.07. The number of benzene rings is 3. The zero-order chi connectivity index (χ0) is 21.0. The second-order valence-electron chi connectivity index (χ2n) is 7.64. The van der Waals surface area contributed by atoms with E-state index in [4.69, 9.17) is 5.73 Å². The fraction of sp³-hybridized carbons (Fsp3) is 0.0769. The maximum absolute atomic E-state index is 5.77.